The van der Waals surface area contributed by atoms with Gasteiger partial charge >= 0.3 is 6.09 Å². The Hall–Kier alpha value is -0.810. The molecule has 18 heavy (non-hydrogen) atoms. The van der Waals surface area contributed by atoms with Crippen LogP contribution in [0.15, 0.2) is 0 Å². The van der Waals surface area contributed by atoms with E-state index in [-0.39, 0.29) is 6.09 Å². The largest absolute Gasteiger partial charge is 0.444 e. The lowest BCUT2D eigenvalue weighted by Crippen LogP contribution is -2.48. The zero-order chi connectivity index (χ0) is 13.8. The molecule has 5 heteroatoms. The first-order valence-electron chi connectivity index (χ1n) is 6.59. The summed E-state index contributed by atoms with van der Waals surface area (Å²) in [6.45, 7) is 7.61. The van der Waals surface area contributed by atoms with Crippen molar-refractivity contribution in [2.24, 2.45) is 0 Å². The monoisotopic (exact) mass is 258 g/mol. The Morgan fingerprint density at radius 2 is 2.17 bits per heavy atom. The van der Waals surface area contributed by atoms with Crippen molar-refractivity contribution in [2.45, 2.75) is 51.2 Å². The lowest BCUT2D eigenvalue weighted by molar-refractivity contribution is -0.00481. The summed E-state index contributed by atoms with van der Waals surface area (Å²) < 4.78 is 5.26. The van der Waals surface area contributed by atoms with Crippen molar-refractivity contribution in [1.29, 1.82) is 0 Å². The second kappa shape index (κ2) is 5.89. The maximum absolute atomic E-state index is 11.7. The predicted octanol–water partition coefficient (Wildman–Crippen LogP) is 1.36. The molecule has 1 aliphatic rings. The highest BCUT2D eigenvalue weighted by atomic mass is 16.6. The number of hydrogen-bond donors (Lipinski definition) is 2. The van der Waals surface area contributed by atoms with Crippen LogP contribution in [0.25, 0.3) is 0 Å². The number of amides is 1. The van der Waals surface area contributed by atoms with E-state index < -0.39 is 11.2 Å². The van der Waals surface area contributed by atoms with Crippen LogP contribution in [0, 0.1) is 0 Å². The Bertz CT molecular complexity index is 280. The van der Waals surface area contributed by atoms with Crippen molar-refractivity contribution < 1.29 is 14.6 Å². The van der Waals surface area contributed by atoms with E-state index in [0.717, 1.165) is 19.4 Å². The Morgan fingerprint density at radius 3 is 2.67 bits per heavy atom. The van der Waals surface area contributed by atoms with E-state index >= 15 is 0 Å². The highest BCUT2D eigenvalue weighted by Gasteiger charge is 2.30. The maximum atomic E-state index is 11.7. The first-order chi connectivity index (χ1) is 8.22. The Morgan fingerprint density at radius 1 is 1.50 bits per heavy atom. The molecule has 1 atom stereocenters. The quantitative estimate of drug-likeness (QED) is 0.802. The summed E-state index contributed by atoms with van der Waals surface area (Å²) in [5.74, 6) is 0. The molecule has 1 rings (SSSR count). The molecule has 1 saturated heterocycles. The number of carbonyl (C=O) groups excluding carboxylic acids is 1. The third kappa shape index (κ3) is 5.23. The molecule has 1 unspecified atom stereocenters. The van der Waals surface area contributed by atoms with Crippen molar-refractivity contribution in [3.63, 3.8) is 0 Å². The number of β-amino-alcohol motifs (C(OH)–C–C–N with tert-alkyl or cyclic N) is 1. The fourth-order valence-electron chi connectivity index (χ4n) is 1.97. The fourth-order valence-corrected chi connectivity index (χ4v) is 1.97. The average molecular weight is 258 g/mol. The summed E-state index contributed by atoms with van der Waals surface area (Å²) in [7, 11) is 1.70. The van der Waals surface area contributed by atoms with Gasteiger partial charge < -0.3 is 20.1 Å². The molecule has 1 aliphatic heterocycles. The highest BCUT2D eigenvalue weighted by molar-refractivity contribution is 5.67. The summed E-state index contributed by atoms with van der Waals surface area (Å²) in [4.78, 5) is 13.3. The molecule has 106 valence electrons. The summed E-state index contributed by atoms with van der Waals surface area (Å²) in [6.07, 6.45) is 2.01. The molecule has 0 aromatic carbocycles. The molecule has 0 aromatic heterocycles. The SMILES string of the molecule is CN(CCC1(O)CCCNC1)C(=O)OC(C)(C)C. The van der Waals surface area contributed by atoms with Crippen LogP contribution in [0.4, 0.5) is 4.79 Å². The van der Waals surface area contributed by atoms with Crippen molar-refractivity contribution in [3.8, 4) is 0 Å². The number of aliphatic hydroxyl groups is 1. The Balaban J connectivity index is 2.35. The first-order valence-corrected chi connectivity index (χ1v) is 6.59. The molecule has 5 nitrogen and oxygen atoms in total. The first kappa shape index (κ1) is 15.2. The van der Waals surface area contributed by atoms with Gasteiger partial charge in [0, 0.05) is 20.1 Å². The van der Waals surface area contributed by atoms with Gasteiger partial charge in [0.25, 0.3) is 0 Å². The van der Waals surface area contributed by atoms with Gasteiger partial charge in [-0.15, -0.1) is 0 Å². The van der Waals surface area contributed by atoms with Crippen LogP contribution in [0.1, 0.15) is 40.0 Å². The van der Waals surface area contributed by atoms with Crippen LogP contribution in [-0.2, 0) is 4.74 Å². The number of ether oxygens (including phenoxy) is 1. The molecule has 0 spiro atoms. The standard InChI is InChI=1S/C13H26N2O3/c1-12(2,3)18-11(16)15(4)9-7-13(17)6-5-8-14-10-13/h14,17H,5-10H2,1-4H3. The molecule has 2 N–H and O–H groups in total. The van der Waals surface area contributed by atoms with Gasteiger partial charge in [0.1, 0.15) is 5.60 Å². The molecule has 0 bridgehead atoms. The average Bonchev–Trinajstić information content (AvgIpc) is 2.24. The molecule has 0 saturated carbocycles. The van der Waals surface area contributed by atoms with E-state index in [1.54, 1.807) is 7.05 Å². The third-order valence-corrected chi connectivity index (χ3v) is 3.07. The van der Waals surface area contributed by atoms with E-state index in [1.165, 1.54) is 4.90 Å². The topological polar surface area (TPSA) is 61.8 Å². The molecule has 1 fully saturated rings. The second-order valence-corrected chi connectivity index (χ2v) is 6.16. The maximum Gasteiger partial charge on any atom is 0.410 e. The second-order valence-electron chi connectivity index (χ2n) is 6.16. The van der Waals surface area contributed by atoms with Gasteiger partial charge in [0.15, 0.2) is 0 Å². The van der Waals surface area contributed by atoms with E-state index in [9.17, 15) is 9.90 Å². The number of nitrogens with zero attached hydrogens (tertiary/aromatic N) is 1. The predicted molar refractivity (Wildman–Crippen MR) is 70.5 cm³/mol. The normalized spacial score (nSPS) is 24.7. The third-order valence-electron chi connectivity index (χ3n) is 3.07. The summed E-state index contributed by atoms with van der Waals surface area (Å²) in [5, 5.41) is 13.5. The lowest BCUT2D eigenvalue weighted by Gasteiger charge is -2.34. The molecule has 1 amide bonds. The zero-order valence-electron chi connectivity index (χ0n) is 12.0. The van der Waals surface area contributed by atoms with E-state index in [1.807, 2.05) is 20.8 Å². The number of hydrogen-bond acceptors (Lipinski definition) is 4. The molecular weight excluding hydrogens is 232 g/mol. The minimum atomic E-state index is -0.686. The molecule has 1 heterocycles. The van der Waals surface area contributed by atoms with Crippen molar-refractivity contribution in [2.75, 3.05) is 26.7 Å². The van der Waals surface area contributed by atoms with E-state index in [0.29, 0.717) is 19.5 Å². The Labute approximate surface area is 109 Å². The number of rotatable bonds is 3. The number of piperidine rings is 1. The van der Waals surface area contributed by atoms with Crippen LogP contribution in [0.5, 0.6) is 0 Å². The van der Waals surface area contributed by atoms with E-state index in [4.69, 9.17) is 4.74 Å². The summed E-state index contributed by atoms with van der Waals surface area (Å²) in [5.41, 5.74) is -1.16. The smallest absolute Gasteiger partial charge is 0.410 e. The molecule has 0 aromatic rings. The van der Waals surface area contributed by atoms with Gasteiger partial charge in [-0.25, -0.2) is 4.79 Å². The highest BCUT2D eigenvalue weighted by Crippen LogP contribution is 2.20. The van der Waals surface area contributed by atoms with Gasteiger partial charge in [-0.2, -0.15) is 0 Å². The molecule has 0 aliphatic carbocycles. The van der Waals surface area contributed by atoms with Crippen molar-refractivity contribution in [1.82, 2.24) is 10.2 Å². The minimum Gasteiger partial charge on any atom is -0.444 e. The van der Waals surface area contributed by atoms with Crippen LogP contribution < -0.4 is 5.32 Å². The zero-order valence-corrected chi connectivity index (χ0v) is 12.0. The molecule has 0 radical (unpaired) electrons. The summed E-state index contributed by atoms with van der Waals surface area (Å²) in [6, 6.07) is 0. The van der Waals surface area contributed by atoms with E-state index in [2.05, 4.69) is 5.32 Å². The van der Waals surface area contributed by atoms with Crippen molar-refractivity contribution >= 4 is 6.09 Å². The van der Waals surface area contributed by atoms with Gasteiger partial charge in [-0.3, -0.25) is 0 Å². The fraction of sp³-hybridized carbons (Fsp3) is 0.923. The van der Waals surface area contributed by atoms with Crippen LogP contribution >= 0.6 is 0 Å². The number of carbonyl (C=O) groups is 1. The Kier molecular flexibility index (Phi) is 4.99. The molecular formula is C13H26N2O3. The van der Waals surface area contributed by atoms with Crippen LogP contribution in [-0.4, -0.2) is 54.0 Å². The minimum absolute atomic E-state index is 0.338. The van der Waals surface area contributed by atoms with Crippen LogP contribution in [0.2, 0.25) is 0 Å². The van der Waals surface area contributed by atoms with Gasteiger partial charge in [-0.1, -0.05) is 0 Å². The number of nitrogens with one attached hydrogen (secondary N) is 1. The van der Waals surface area contributed by atoms with Gasteiger partial charge in [0.2, 0.25) is 0 Å². The van der Waals surface area contributed by atoms with Crippen molar-refractivity contribution in [3.05, 3.63) is 0 Å². The van der Waals surface area contributed by atoms with Gasteiger partial charge in [0.05, 0.1) is 5.60 Å². The summed E-state index contributed by atoms with van der Waals surface area (Å²) >= 11 is 0. The lowest BCUT2D eigenvalue weighted by atomic mass is 9.91. The van der Waals surface area contributed by atoms with Crippen LogP contribution in [0.3, 0.4) is 0 Å². The van der Waals surface area contributed by atoms with Gasteiger partial charge in [-0.05, 0) is 46.6 Å².